The molecule has 0 saturated heterocycles. The Kier molecular flexibility index (Phi) is 3.71. The van der Waals surface area contributed by atoms with E-state index >= 15 is 0 Å². The lowest BCUT2D eigenvalue weighted by Crippen LogP contribution is -2.30. The number of nitrogens with one attached hydrogen (secondary N) is 1. The van der Waals surface area contributed by atoms with E-state index in [1.165, 1.54) is 11.1 Å². The van der Waals surface area contributed by atoms with Crippen molar-refractivity contribution in [2.75, 3.05) is 20.8 Å². The van der Waals surface area contributed by atoms with Crippen molar-refractivity contribution in [3.8, 4) is 17.2 Å². The van der Waals surface area contributed by atoms with Crippen LogP contribution in [0.1, 0.15) is 22.7 Å². The highest BCUT2D eigenvalue weighted by Crippen LogP contribution is 2.39. The second-order valence-electron chi connectivity index (χ2n) is 5.10. The zero-order valence-electron chi connectivity index (χ0n) is 12.2. The minimum Gasteiger partial charge on any atom is -0.508 e. The maximum atomic E-state index is 9.66. The lowest BCUT2D eigenvalue weighted by Gasteiger charge is -2.29. The lowest BCUT2D eigenvalue weighted by molar-refractivity contribution is 0.348. The number of methoxy groups -OCH3 is 2. The molecule has 0 fully saturated rings. The average molecular weight is 285 g/mol. The summed E-state index contributed by atoms with van der Waals surface area (Å²) in [6.45, 7) is 0.863. The Hall–Kier alpha value is -2.20. The van der Waals surface area contributed by atoms with Gasteiger partial charge in [0, 0.05) is 12.1 Å². The molecular weight excluding hydrogens is 266 g/mol. The zero-order valence-corrected chi connectivity index (χ0v) is 12.2. The molecule has 2 aromatic rings. The molecule has 1 atom stereocenters. The van der Waals surface area contributed by atoms with E-state index in [0.29, 0.717) is 5.75 Å². The topological polar surface area (TPSA) is 50.7 Å². The normalized spacial score (nSPS) is 17.1. The molecule has 0 saturated carbocycles. The number of phenols is 1. The first-order valence-electron chi connectivity index (χ1n) is 7.00. The number of ether oxygens (including phenoxy) is 2. The van der Waals surface area contributed by atoms with Gasteiger partial charge in [0.2, 0.25) is 0 Å². The number of para-hydroxylation sites is 1. The number of fused-ring (bicyclic) bond motifs is 1. The molecule has 4 nitrogen and oxygen atoms in total. The van der Waals surface area contributed by atoms with Crippen LogP contribution in [0, 0.1) is 0 Å². The summed E-state index contributed by atoms with van der Waals surface area (Å²) in [5, 5.41) is 13.2. The van der Waals surface area contributed by atoms with Gasteiger partial charge in [-0.1, -0.05) is 18.2 Å². The number of hydrogen-bond acceptors (Lipinski definition) is 4. The van der Waals surface area contributed by atoms with E-state index in [1.807, 2.05) is 30.3 Å². The highest BCUT2D eigenvalue weighted by atomic mass is 16.5. The van der Waals surface area contributed by atoms with E-state index in [4.69, 9.17) is 9.47 Å². The van der Waals surface area contributed by atoms with Crippen LogP contribution in [0.3, 0.4) is 0 Å². The molecule has 0 spiro atoms. The molecule has 2 aromatic carbocycles. The number of benzene rings is 2. The third-order valence-corrected chi connectivity index (χ3v) is 3.92. The number of rotatable bonds is 3. The van der Waals surface area contributed by atoms with E-state index in [1.54, 1.807) is 20.3 Å². The first-order chi connectivity index (χ1) is 10.2. The third-order valence-electron chi connectivity index (χ3n) is 3.92. The van der Waals surface area contributed by atoms with Crippen LogP contribution in [-0.4, -0.2) is 25.9 Å². The lowest BCUT2D eigenvalue weighted by atomic mass is 9.89. The molecule has 21 heavy (non-hydrogen) atoms. The van der Waals surface area contributed by atoms with Crippen LogP contribution in [0.25, 0.3) is 0 Å². The molecule has 0 amide bonds. The van der Waals surface area contributed by atoms with Crippen LogP contribution in [-0.2, 0) is 6.42 Å². The van der Waals surface area contributed by atoms with Crippen LogP contribution < -0.4 is 14.8 Å². The van der Waals surface area contributed by atoms with Crippen LogP contribution in [0.2, 0.25) is 0 Å². The fraction of sp³-hybridized carbons (Fsp3) is 0.294. The Morgan fingerprint density at radius 2 is 1.95 bits per heavy atom. The second kappa shape index (κ2) is 5.66. The van der Waals surface area contributed by atoms with Crippen molar-refractivity contribution < 1.29 is 14.6 Å². The fourth-order valence-corrected chi connectivity index (χ4v) is 2.97. The van der Waals surface area contributed by atoms with Gasteiger partial charge in [-0.15, -0.1) is 0 Å². The van der Waals surface area contributed by atoms with Gasteiger partial charge < -0.3 is 19.9 Å². The van der Waals surface area contributed by atoms with Gasteiger partial charge in [-0.3, -0.25) is 0 Å². The highest BCUT2D eigenvalue weighted by Gasteiger charge is 2.25. The SMILES string of the molecule is COc1cccc([C@@H]2NCCc3cc(O)ccc32)c1OC. The summed E-state index contributed by atoms with van der Waals surface area (Å²) in [4.78, 5) is 0. The second-order valence-corrected chi connectivity index (χ2v) is 5.10. The monoisotopic (exact) mass is 285 g/mol. The van der Waals surface area contributed by atoms with E-state index in [2.05, 4.69) is 5.32 Å². The van der Waals surface area contributed by atoms with Gasteiger partial charge in [-0.25, -0.2) is 0 Å². The predicted molar refractivity (Wildman–Crippen MR) is 81.2 cm³/mol. The van der Waals surface area contributed by atoms with Crippen molar-refractivity contribution in [3.05, 3.63) is 53.1 Å². The Morgan fingerprint density at radius 1 is 1.10 bits per heavy atom. The summed E-state index contributed by atoms with van der Waals surface area (Å²) in [7, 11) is 3.30. The van der Waals surface area contributed by atoms with Gasteiger partial charge in [-0.2, -0.15) is 0 Å². The Morgan fingerprint density at radius 3 is 2.71 bits per heavy atom. The van der Waals surface area contributed by atoms with E-state index in [0.717, 1.165) is 30.0 Å². The Balaban J connectivity index is 2.11. The maximum absolute atomic E-state index is 9.66. The number of phenolic OH excluding ortho intramolecular Hbond substituents is 1. The molecule has 0 bridgehead atoms. The molecule has 110 valence electrons. The third kappa shape index (κ3) is 2.43. The smallest absolute Gasteiger partial charge is 0.165 e. The Labute approximate surface area is 124 Å². The first-order valence-corrected chi connectivity index (χ1v) is 7.00. The molecule has 0 unspecified atom stereocenters. The molecule has 1 aliphatic rings. The van der Waals surface area contributed by atoms with Crippen LogP contribution in [0.15, 0.2) is 36.4 Å². The van der Waals surface area contributed by atoms with E-state index in [-0.39, 0.29) is 6.04 Å². The molecule has 1 heterocycles. The van der Waals surface area contributed by atoms with Crippen molar-refractivity contribution in [2.24, 2.45) is 0 Å². The fourth-order valence-electron chi connectivity index (χ4n) is 2.97. The molecule has 4 heteroatoms. The number of aromatic hydroxyl groups is 1. The summed E-state index contributed by atoms with van der Waals surface area (Å²) in [6.07, 6.45) is 0.909. The number of hydrogen-bond donors (Lipinski definition) is 2. The van der Waals surface area contributed by atoms with Crippen molar-refractivity contribution in [1.29, 1.82) is 0 Å². The minimum atomic E-state index is 0.0411. The summed E-state index contributed by atoms with van der Waals surface area (Å²) >= 11 is 0. The van der Waals surface area contributed by atoms with Gasteiger partial charge in [0.05, 0.1) is 20.3 Å². The largest absolute Gasteiger partial charge is 0.508 e. The van der Waals surface area contributed by atoms with Crippen LogP contribution in [0.5, 0.6) is 17.2 Å². The summed E-state index contributed by atoms with van der Waals surface area (Å²) in [5.41, 5.74) is 3.39. The van der Waals surface area contributed by atoms with Crippen molar-refractivity contribution in [1.82, 2.24) is 5.32 Å². The predicted octanol–water partition coefficient (Wildman–Crippen LogP) is 2.64. The molecule has 0 aliphatic carbocycles. The zero-order chi connectivity index (χ0) is 14.8. The van der Waals surface area contributed by atoms with Gasteiger partial charge in [0.1, 0.15) is 5.75 Å². The van der Waals surface area contributed by atoms with Gasteiger partial charge >= 0.3 is 0 Å². The summed E-state index contributed by atoms with van der Waals surface area (Å²) in [6, 6.07) is 11.5. The van der Waals surface area contributed by atoms with Crippen molar-refractivity contribution in [2.45, 2.75) is 12.5 Å². The first kappa shape index (κ1) is 13.8. The summed E-state index contributed by atoms with van der Waals surface area (Å²) < 4.78 is 10.9. The van der Waals surface area contributed by atoms with E-state index < -0.39 is 0 Å². The Bertz CT molecular complexity index is 654. The molecule has 2 N–H and O–H groups in total. The molecular formula is C17H19NO3. The molecule has 1 aliphatic heterocycles. The van der Waals surface area contributed by atoms with Crippen molar-refractivity contribution in [3.63, 3.8) is 0 Å². The quantitative estimate of drug-likeness (QED) is 0.910. The molecule has 0 aromatic heterocycles. The molecule has 0 radical (unpaired) electrons. The standard InChI is InChI=1S/C17H19NO3/c1-20-15-5-3-4-14(17(15)21-2)16-13-7-6-12(19)10-11(13)8-9-18-16/h3-7,10,16,18-19H,8-9H2,1-2H3/t16-/m1/s1. The van der Waals surface area contributed by atoms with Crippen molar-refractivity contribution >= 4 is 0 Å². The van der Waals surface area contributed by atoms with Gasteiger partial charge in [0.25, 0.3) is 0 Å². The van der Waals surface area contributed by atoms with Gasteiger partial charge in [-0.05, 0) is 35.7 Å². The van der Waals surface area contributed by atoms with Gasteiger partial charge in [0.15, 0.2) is 11.5 Å². The summed E-state index contributed by atoms with van der Waals surface area (Å²) in [5.74, 6) is 1.79. The molecule has 3 rings (SSSR count). The maximum Gasteiger partial charge on any atom is 0.165 e. The van der Waals surface area contributed by atoms with Crippen LogP contribution >= 0.6 is 0 Å². The average Bonchev–Trinajstić information content (AvgIpc) is 2.53. The highest BCUT2D eigenvalue weighted by molar-refractivity contribution is 5.53. The van der Waals surface area contributed by atoms with E-state index in [9.17, 15) is 5.11 Å². The minimum absolute atomic E-state index is 0.0411. The van der Waals surface area contributed by atoms with Crippen LogP contribution in [0.4, 0.5) is 0 Å².